The van der Waals surface area contributed by atoms with Crippen molar-refractivity contribution in [3.63, 3.8) is 0 Å². The first-order valence-electron chi connectivity index (χ1n) is 5.87. The monoisotopic (exact) mass is 244 g/mol. The van der Waals surface area contributed by atoms with Gasteiger partial charge in [0.2, 0.25) is 0 Å². The Morgan fingerprint density at radius 2 is 2.28 bits per heavy atom. The van der Waals surface area contributed by atoms with Gasteiger partial charge in [0.15, 0.2) is 5.78 Å². The van der Waals surface area contributed by atoms with Gasteiger partial charge in [-0.2, -0.15) is 0 Å². The lowest BCUT2D eigenvalue weighted by atomic mass is 10.1. The lowest BCUT2D eigenvalue weighted by molar-refractivity contribution is 0.101. The number of nitrogens with zero attached hydrogens (tertiary/aromatic N) is 2. The van der Waals surface area contributed by atoms with Crippen LogP contribution in [0.1, 0.15) is 22.8 Å². The molecule has 0 fully saturated rings. The molecule has 0 saturated carbocycles. The minimum Gasteiger partial charge on any atom is -0.491 e. The summed E-state index contributed by atoms with van der Waals surface area (Å²) in [5.41, 5.74) is 1.70. The van der Waals surface area contributed by atoms with Crippen LogP contribution in [0.5, 0.6) is 5.75 Å². The van der Waals surface area contributed by atoms with Gasteiger partial charge in [0, 0.05) is 12.4 Å². The molecule has 0 unspecified atom stereocenters. The van der Waals surface area contributed by atoms with Crippen LogP contribution in [0.25, 0.3) is 0 Å². The molecular weight excluding hydrogens is 228 g/mol. The SMILES string of the molecule is CC(=O)c1cc(C)ccc1OCCn1ccnc1. The summed E-state index contributed by atoms with van der Waals surface area (Å²) in [4.78, 5) is 15.5. The second kappa shape index (κ2) is 5.49. The average molecular weight is 244 g/mol. The average Bonchev–Trinajstić information content (AvgIpc) is 2.84. The van der Waals surface area contributed by atoms with E-state index in [-0.39, 0.29) is 5.78 Å². The molecular formula is C14H16N2O2. The van der Waals surface area contributed by atoms with Gasteiger partial charge in [-0.3, -0.25) is 4.79 Å². The predicted molar refractivity (Wildman–Crippen MR) is 68.9 cm³/mol. The number of aromatic nitrogens is 2. The maximum atomic E-state index is 11.5. The molecule has 2 rings (SSSR count). The Labute approximate surface area is 106 Å². The summed E-state index contributed by atoms with van der Waals surface area (Å²) in [7, 11) is 0. The lowest BCUT2D eigenvalue weighted by Crippen LogP contribution is -2.08. The van der Waals surface area contributed by atoms with Crippen molar-refractivity contribution in [1.82, 2.24) is 9.55 Å². The van der Waals surface area contributed by atoms with E-state index in [9.17, 15) is 4.79 Å². The Morgan fingerprint density at radius 1 is 1.44 bits per heavy atom. The van der Waals surface area contributed by atoms with Crippen molar-refractivity contribution in [3.8, 4) is 5.75 Å². The number of aryl methyl sites for hydroxylation is 1. The molecule has 4 nitrogen and oxygen atoms in total. The third-order valence-electron chi connectivity index (χ3n) is 2.68. The molecule has 0 radical (unpaired) electrons. The van der Waals surface area contributed by atoms with E-state index in [4.69, 9.17) is 4.74 Å². The lowest BCUT2D eigenvalue weighted by Gasteiger charge is -2.10. The molecule has 1 aromatic carbocycles. The van der Waals surface area contributed by atoms with Gasteiger partial charge in [-0.25, -0.2) is 4.98 Å². The van der Waals surface area contributed by atoms with Crippen molar-refractivity contribution in [2.75, 3.05) is 6.61 Å². The van der Waals surface area contributed by atoms with Gasteiger partial charge in [0.25, 0.3) is 0 Å². The highest BCUT2D eigenvalue weighted by Gasteiger charge is 2.08. The van der Waals surface area contributed by atoms with E-state index in [1.54, 1.807) is 19.4 Å². The van der Waals surface area contributed by atoms with Gasteiger partial charge in [-0.1, -0.05) is 11.6 Å². The Kier molecular flexibility index (Phi) is 3.77. The van der Waals surface area contributed by atoms with E-state index < -0.39 is 0 Å². The normalized spacial score (nSPS) is 10.3. The predicted octanol–water partition coefficient (Wildman–Crippen LogP) is 2.47. The third-order valence-corrected chi connectivity index (χ3v) is 2.68. The largest absolute Gasteiger partial charge is 0.491 e. The maximum absolute atomic E-state index is 11.5. The number of carbonyl (C=O) groups is 1. The van der Waals surface area contributed by atoms with E-state index in [0.29, 0.717) is 24.5 Å². The first-order chi connectivity index (χ1) is 8.66. The van der Waals surface area contributed by atoms with Crippen molar-refractivity contribution in [2.24, 2.45) is 0 Å². The summed E-state index contributed by atoms with van der Waals surface area (Å²) in [6.07, 6.45) is 5.35. The first-order valence-corrected chi connectivity index (χ1v) is 5.87. The molecule has 0 aliphatic carbocycles. The zero-order valence-corrected chi connectivity index (χ0v) is 10.6. The van der Waals surface area contributed by atoms with Crippen LogP contribution < -0.4 is 4.74 Å². The summed E-state index contributed by atoms with van der Waals surface area (Å²) in [5.74, 6) is 0.671. The van der Waals surface area contributed by atoms with E-state index >= 15 is 0 Å². The second-order valence-corrected chi connectivity index (χ2v) is 4.20. The number of hydrogen-bond acceptors (Lipinski definition) is 3. The quantitative estimate of drug-likeness (QED) is 0.759. The molecule has 0 bridgehead atoms. The van der Waals surface area contributed by atoms with E-state index in [1.165, 1.54) is 0 Å². The number of Topliss-reactive ketones (excluding diaryl/α,β-unsaturated/α-hetero) is 1. The Bertz CT molecular complexity index is 533. The van der Waals surface area contributed by atoms with E-state index in [0.717, 1.165) is 5.56 Å². The molecule has 18 heavy (non-hydrogen) atoms. The van der Waals surface area contributed by atoms with Crippen LogP contribution in [0.2, 0.25) is 0 Å². The van der Waals surface area contributed by atoms with Crippen LogP contribution >= 0.6 is 0 Å². The van der Waals surface area contributed by atoms with Crippen LogP contribution in [-0.2, 0) is 6.54 Å². The number of imidazole rings is 1. The molecule has 94 valence electrons. The standard InChI is InChI=1S/C14H16N2O2/c1-11-3-4-14(13(9-11)12(2)17)18-8-7-16-6-5-15-10-16/h3-6,9-10H,7-8H2,1-2H3. The Hall–Kier alpha value is -2.10. The van der Waals surface area contributed by atoms with Crippen LogP contribution in [0, 0.1) is 6.92 Å². The number of ketones is 1. The van der Waals surface area contributed by atoms with Gasteiger partial charge < -0.3 is 9.30 Å². The van der Waals surface area contributed by atoms with Crippen LogP contribution in [0.15, 0.2) is 36.9 Å². The number of ether oxygens (including phenoxy) is 1. The summed E-state index contributed by atoms with van der Waals surface area (Å²) in [6, 6.07) is 5.65. The molecule has 0 aliphatic heterocycles. The zero-order chi connectivity index (χ0) is 13.0. The summed E-state index contributed by atoms with van der Waals surface area (Å²) in [5, 5.41) is 0. The van der Waals surface area contributed by atoms with Crippen molar-refractivity contribution < 1.29 is 9.53 Å². The summed E-state index contributed by atoms with van der Waals surface area (Å²) < 4.78 is 7.59. The van der Waals surface area contributed by atoms with Gasteiger partial charge in [-0.15, -0.1) is 0 Å². The van der Waals surface area contributed by atoms with Gasteiger partial charge in [0.05, 0.1) is 18.4 Å². The van der Waals surface area contributed by atoms with Gasteiger partial charge >= 0.3 is 0 Å². The zero-order valence-electron chi connectivity index (χ0n) is 10.6. The fourth-order valence-corrected chi connectivity index (χ4v) is 1.72. The second-order valence-electron chi connectivity index (χ2n) is 4.20. The van der Waals surface area contributed by atoms with Crippen LogP contribution in [0.4, 0.5) is 0 Å². The fourth-order valence-electron chi connectivity index (χ4n) is 1.72. The highest BCUT2D eigenvalue weighted by molar-refractivity contribution is 5.97. The van der Waals surface area contributed by atoms with Crippen LogP contribution in [-0.4, -0.2) is 21.9 Å². The minimum absolute atomic E-state index is 0.0244. The molecule has 4 heteroatoms. The molecule has 0 spiro atoms. The first kappa shape index (κ1) is 12.4. The molecule has 1 heterocycles. The Balaban J connectivity index is 2.02. The van der Waals surface area contributed by atoms with Gasteiger partial charge in [0.1, 0.15) is 12.4 Å². The van der Waals surface area contributed by atoms with Crippen molar-refractivity contribution in [2.45, 2.75) is 20.4 Å². The van der Waals surface area contributed by atoms with Gasteiger partial charge in [-0.05, 0) is 26.0 Å². The molecule has 0 N–H and O–H groups in total. The molecule has 0 saturated heterocycles. The molecule has 0 amide bonds. The van der Waals surface area contributed by atoms with E-state index in [2.05, 4.69) is 4.98 Å². The maximum Gasteiger partial charge on any atom is 0.163 e. The molecule has 2 aromatic rings. The topological polar surface area (TPSA) is 44.1 Å². The molecule has 0 atom stereocenters. The van der Waals surface area contributed by atoms with E-state index in [1.807, 2.05) is 35.9 Å². The summed E-state index contributed by atoms with van der Waals surface area (Å²) in [6.45, 7) is 4.74. The smallest absolute Gasteiger partial charge is 0.163 e. The molecule has 1 aromatic heterocycles. The fraction of sp³-hybridized carbons (Fsp3) is 0.286. The number of rotatable bonds is 5. The third kappa shape index (κ3) is 2.97. The Morgan fingerprint density at radius 3 is 2.94 bits per heavy atom. The summed E-state index contributed by atoms with van der Waals surface area (Å²) >= 11 is 0. The van der Waals surface area contributed by atoms with Crippen molar-refractivity contribution in [1.29, 1.82) is 0 Å². The highest BCUT2D eigenvalue weighted by atomic mass is 16.5. The highest BCUT2D eigenvalue weighted by Crippen LogP contribution is 2.20. The number of hydrogen-bond donors (Lipinski definition) is 0. The minimum atomic E-state index is 0.0244. The number of carbonyl (C=O) groups excluding carboxylic acids is 1. The van der Waals surface area contributed by atoms with Crippen molar-refractivity contribution in [3.05, 3.63) is 48.0 Å². The molecule has 0 aliphatic rings. The van der Waals surface area contributed by atoms with Crippen LogP contribution in [0.3, 0.4) is 0 Å². The van der Waals surface area contributed by atoms with Crippen molar-refractivity contribution >= 4 is 5.78 Å². The number of benzene rings is 1.